The van der Waals surface area contributed by atoms with Crippen LogP contribution >= 0.6 is 0 Å². The minimum atomic E-state index is -1.25. The van der Waals surface area contributed by atoms with Gasteiger partial charge in [0.2, 0.25) is 0 Å². The smallest absolute Gasteiger partial charge is 0.167 e. The van der Waals surface area contributed by atoms with Crippen molar-refractivity contribution in [3.63, 3.8) is 0 Å². The first kappa shape index (κ1) is 22.2. The molecule has 0 saturated heterocycles. The van der Waals surface area contributed by atoms with Gasteiger partial charge in [0.15, 0.2) is 11.6 Å². The molecule has 144 valence electrons. The van der Waals surface area contributed by atoms with Crippen molar-refractivity contribution in [1.82, 2.24) is 0 Å². The molecule has 1 aromatic carbocycles. The summed E-state index contributed by atoms with van der Waals surface area (Å²) in [5, 5.41) is 0. The summed E-state index contributed by atoms with van der Waals surface area (Å²) in [5.74, 6) is -3.84. The summed E-state index contributed by atoms with van der Waals surface area (Å²) in [6, 6.07) is 0. The number of benzene rings is 1. The Morgan fingerprint density at radius 2 is 1.50 bits per heavy atom. The third-order valence-corrected chi connectivity index (χ3v) is 4.32. The molecule has 0 saturated carbocycles. The van der Waals surface area contributed by atoms with Gasteiger partial charge in [-0.15, -0.1) is 0 Å². The van der Waals surface area contributed by atoms with E-state index in [9.17, 15) is 17.6 Å². The van der Waals surface area contributed by atoms with E-state index in [4.69, 9.17) is 0 Å². The second-order valence-corrected chi connectivity index (χ2v) is 7.47. The molecule has 1 aromatic rings. The van der Waals surface area contributed by atoms with Crippen molar-refractivity contribution in [3.8, 4) is 0 Å². The lowest BCUT2D eigenvalue weighted by Gasteiger charge is -2.21. The van der Waals surface area contributed by atoms with Crippen LogP contribution in [0.1, 0.15) is 57.7 Å². The van der Waals surface area contributed by atoms with Crippen LogP contribution in [0.25, 0.3) is 5.57 Å². The quantitative estimate of drug-likeness (QED) is 0.275. The average molecular weight is 368 g/mol. The normalized spacial score (nSPS) is 13.5. The Balaban J connectivity index is 3.94. The number of hydrogen-bond acceptors (Lipinski definition) is 0. The molecule has 0 amide bonds. The maximum absolute atomic E-state index is 15.0. The standard InChI is InChI=1S/C22H28F4/c1-11(2)9-10-16(23)17(12(3)4)18(13(5)6)19-14(7)20(24)15(8)21(25)22(19)26/h10-12H,5,9H2,1-4,6-8H3/b16-10+,18-17+. The Morgan fingerprint density at radius 1 is 0.962 bits per heavy atom. The maximum atomic E-state index is 15.0. The zero-order chi connectivity index (χ0) is 20.3. The Labute approximate surface area is 154 Å². The summed E-state index contributed by atoms with van der Waals surface area (Å²) in [7, 11) is 0. The molecule has 26 heavy (non-hydrogen) atoms. The Morgan fingerprint density at radius 3 is 1.92 bits per heavy atom. The van der Waals surface area contributed by atoms with Gasteiger partial charge in [-0.25, -0.2) is 17.6 Å². The highest BCUT2D eigenvalue weighted by molar-refractivity contribution is 5.84. The van der Waals surface area contributed by atoms with Crippen LogP contribution in [-0.4, -0.2) is 0 Å². The van der Waals surface area contributed by atoms with E-state index in [0.29, 0.717) is 12.0 Å². The van der Waals surface area contributed by atoms with E-state index in [1.54, 1.807) is 20.8 Å². The first-order valence-electron chi connectivity index (χ1n) is 8.81. The average Bonchev–Trinajstić information content (AvgIpc) is 2.54. The second kappa shape index (κ2) is 8.70. The van der Waals surface area contributed by atoms with E-state index in [1.165, 1.54) is 19.9 Å². The van der Waals surface area contributed by atoms with Crippen molar-refractivity contribution < 1.29 is 17.6 Å². The SMILES string of the molecule is C=C(C)/C(=C(\C(F)=C/CC(C)C)C(C)C)c1c(C)c(F)c(C)c(F)c1F. The van der Waals surface area contributed by atoms with Crippen molar-refractivity contribution in [2.45, 2.75) is 54.9 Å². The molecule has 0 aliphatic carbocycles. The van der Waals surface area contributed by atoms with E-state index >= 15 is 0 Å². The van der Waals surface area contributed by atoms with Crippen LogP contribution in [0.3, 0.4) is 0 Å². The Kier molecular flexibility index (Phi) is 7.43. The summed E-state index contributed by atoms with van der Waals surface area (Å²) < 4.78 is 58.3. The number of hydrogen-bond donors (Lipinski definition) is 0. The van der Waals surface area contributed by atoms with E-state index in [1.807, 2.05) is 13.8 Å². The summed E-state index contributed by atoms with van der Waals surface area (Å²) in [6.45, 7) is 15.4. The van der Waals surface area contributed by atoms with E-state index in [-0.39, 0.29) is 39.7 Å². The van der Waals surface area contributed by atoms with Crippen molar-refractivity contribution >= 4 is 5.57 Å². The Bertz CT molecular complexity index is 736. The predicted molar refractivity (Wildman–Crippen MR) is 101 cm³/mol. The third-order valence-electron chi connectivity index (χ3n) is 4.32. The van der Waals surface area contributed by atoms with Crippen molar-refractivity contribution in [1.29, 1.82) is 0 Å². The number of rotatable bonds is 6. The monoisotopic (exact) mass is 368 g/mol. The van der Waals surface area contributed by atoms with Crippen LogP contribution in [0.4, 0.5) is 17.6 Å². The summed E-state index contributed by atoms with van der Waals surface area (Å²) in [6.07, 6.45) is 1.95. The minimum Gasteiger partial charge on any atom is -0.207 e. The number of halogens is 4. The molecule has 0 aromatic heterocycles. The van der Waals surface area contributed by atoms with Gasteiger partial charge in [-0.2, -0.15) is 0 Å². The molecule has 0 aliphatic heterocycles. The first-order chi connectivity index (χ1) is 11.9. The molecular formula is C22H28F4. The lowest BCUT2D eigenvalue weighted by atomic mass is 9.84. The zero-order valence-electron chi connectivity index (χ0n) is 16.7. The van der Waals surface area contributed by atoms with Gasteiger partial charge >= 0.3 is 0 Å². The van der Waals surface area contributed by atoms with Gasteiger partial charge in [-0.1, -0.05) is 34.3 Å². The molecule has 0 nitrogen and oxygen atoms in total. The zero-order valence-corrected chi connectivity index (χ0v) is 16.7. The summed E-state index contributed by atoms with van der Waals surface area (Å²) >= 11 is 0. The molecule has 0 fully saturated rings. The van der Waals surface area contributed by atoms with Crippen LogP contribution in [-0.2, 0) is 0 Å². The van der Waals surface area contributed by atoms with Gasteiger partial charge in [0.05, 0.1) is 0 Å². The molecular weight excluding hydrogens is 340 g/mol. The van der Waals surface area contributed by atoms with Crippen LogP contribution in [0.5, 0.6) is 0 Å². The highest BCUT2D eigenvalue weighted by Gasteiger charge is 2.27. The van der Waals surface area contributed by atoms with E-state index in [0.717, 1.165) is 0 Å². The molecule has 1 rings (SSSR count). The van der Waals surface area contributed by atoms with Crippen LogP contribution in [0.15, 0.2) is 29.6 Å². The summed E-state index contributed by atoms with van der Waals surface area (Å²) in [5.41, 5.74) is 0.00963. The van der Waals surface area contributed by atoms with Gasteiger partial charge in [0.25, 0.3) is 0 Å². The Hall–Kier alpha value is -1.84. The van der Waals surface area contributed by atoms with Crippen molar-refractivity contribution in [2.24, 2.45) is 11.8 Å². The van der Waals surface area contributed by atoms with E-state index < -0.39 is 23.3 Å². The van der Waals surface area contributed by atoms with Gasteiger partial charge in [-0.3, -0.25) is 0 Å². The fraction of sp³-hybridized carbons (Fsp3) is 0.455. The predicted octanol–water partition coefficient (Wildman–Crippen LogP) is 7.61. The molecule has 0 spiro atoms. The summed E-state index contributed by atoms with van der Waals surface area (Å²) in [4.78, 5) is 0. The van der Waals surface area contributed by atoms with Gasteiger partial charge in [0, 0.05) is 11.1 Å². The maximum Gasteiger partial charge on any atom is 0.167 e. The van der Waals surface area contributed by atoms with Crippen molar-refractivity contribution in [3.05, 3.63) is 63.8 Å². The van der Waals surface area contributed by atoms with Crippen LogP contribution < -0.4 is 0 Å². The van der Waals surface area contributed by atoms with E-state index in [2.05, 4.69) is 6.58 Å². The highest BCUT2D eigenvalue weighted by Crippen LogP contribution is 2.39. The number of allylic oxidation sites excluding steroid dienone is 5. The third kappa shape index (κ3) is 4.46. The second-order valence-electron chi connectivity index (χ2n) is 7.47. The molecule has 0 radical (unpaired) electrons. The molecule has 0 N–H and O–H groups in total. The largest absolute Gasteiger partial charge is 0.207 e. The topological polar surface area (TPSA) is 0 Å². The molecule has 0 aliphatic rings. The fourth-order valence-electron chi connectivity index (χ4n) is 2.93. The molecule has 0 unspecified atom stereocenters. The first-order valence-corrected chi connectivity index (χ1v) is 8.81. The van der Waals surface area contributed by atoms with Gasteiger partial charge < -0.3 is 0 Å². The van der Waals surface area contributed by atoms with Crippen LogP contribution in [0.2, 0.25) is 0 Å². The highest BCUT2D eigenvalue weighted by atomic mass is 19.2. The van der Waals surface area contributed by atoms with Gasteiger partial charge in [0.1, 0.15) is 11.6 Å². The molecule has 0 heterocycles. The van der Waals surface area contributed by atoms with Crippen LogP contribution in [0, 0.1) is 43.1 Å². The molecule has 4 heteroatoms. The lowest BCUT2D eigenvalue weighted by Crippen LogP contribution is -2.09. The lowest BCUT2D eigenvalue weighted by molar-refractivity contribution is 0.480. The minimum absolute atomic E-state index is 0.0470. The molecule has 0 atom stereocenters. The molecule has 0 bridgehead atoms. The fourth-order valence-corrected chi connectivity index (χ4v) is 2.93. The van der Waals surface area contributed by atoms with Crippen molar-refractivity contribution in [2.75, 3.05) is 0 Å². The van der Waals surface area contributed by atoms with Gasteiger partial charge in [-0.05, 0) is 67.4 Å².